The van der Waals surface area contributed by atoms with E-state index in [1.54, 1.807) is 13.0 Å². The van der Waals surface area contributed by atoms with E-state index in [-0.39, 0.29) is 25.1 Å². The molecule has 0 aliphatic carbocycles. The number of nitrogens with zero attached hydrogens (tertiary/aromatic N) is 3. The van der Waals surface area contributed by atoms with Gasteiger partial charge < -0.3 is 9.84 Å². The SMILES string of the molecule is CCOC(=O)C(C#N)=Cc1cn(CCC(=O)O)nc1-c1ccc(F)cc1. The third-order valence-electron chi connectivity index (χ3n) is 3.38. The molecule has 1 aromatic heterocycles. The zero-order valence-electron chi connectivity index (χ0n) is 14.0. The topological polar surface area (TPSA) is 105 Å². The lowest BCUT2D eigenvalue weighted by molar-refractivity contribution is -0.138. The van der Waals surface area contributed by atoms with Crippen molar-refractivity contribution < 1.29 is 23.8 Å². The van der Waals surface area contributed by atoms with Crippen LogP contribution in [0.15, 0.2) is 36.0 Å². The Kier molecular flexibility index (Phi) is 6.22. The number of carboxylic acid groups (broad SMARTS) is 1. The Hall–Kier alpha value is -3.47. The van der Waals surface area contributed by atoms with E-state index in [0.717, 1.165) is 0 Å². The van der Waals surface area contributed by atoms with Crippen LogP contribution >= 0.6 is 0 Å². The maximum absolute atomic E-state index is 13.2. The largest absolute Gasteiger partial charge is 0.481 e. The fourth-order valence-electron chi connectivity index (χ4n) is 2.20. The molecule has 1 N–H and O–H groups in total. The van der Waals surface area contributed by atoms with Gasteiger partial charge in [-0.1, -0.05) is 0 Å². The predicted octanol–water partition coefficient (Wildman–Crippen LogP) is 2.63. The predicted molar refractivity (Wildman–Crippen MR) is 90.1 cm³/mol. The quantitative estimate of drug-likeness (QED) is 0.464. The number of nitriles is 1. The number of carbonyl (C=O) groups is 2. The van der Waals surface area contributed by atoms with E-state index >= 15 is 0 Å². The Labute approximate surface area is 148 Å². The first-order valence-corrected chi connectivity index (χ1v) is 7.78. The fourth-order valence-corrected chi connectivity index (χ4v) is 2.20. The van der Waals surface area contributed by atoms with Gasteiger partial charge in [0.1, 0.15) is 17.5 Å². The number of benzene rings is 1. The number of rotatable bonds is 7. The Morgan fingerprint density at radius 3 is 2.65 bits per heavy atom. The van der Waals surface area contributed by atoms with Crippen molar-refractivity contribution in [3.8, 4) is 17.3 Å². The second kappa shape index (κ2) is 8.58. The van der Waals surface area contributed by atoms with E-state index in [2.05, 4.69) is 5.10 Å². The van der Waals surface area contributed by atoms with Crippen LogP contribution < -0.4 is 0 Å². The molecule has 1 heterocycles. The Morgan fingerprint density at radius 2 is 2.08 bits per heavy atom. The molecule has 2 rings (SSSR count). The smallest absolute Gasteiger partial charge is 0.348 e. The number of aromatic nitrogens is 2. The normalized spacial score (nSPS) is 11.0. The van der Waals surface area contributed by atoms with Crippen molar-refractivity contribution in [1.82, 2.24) is 9.78 Å². The molecular formula is C18H16FN3O4. The van der Waals surface area contributed by atoms with E-state index in [9.17, 15) is 19.2 Å². The van der Waals surface area contributed by atoms with E-state index in [4.69, 9.17) is 9.84 Å². The van der Waals surface area contributed by atoms with Crippen molar-refractivity contribution in [3.63, 3.8) is 0 Å². The number of carboxylic acids is 1. The minimum Gasteiger partial charge on any atom is -0.481 e. The van der Waals surface area contributed by atoms with Crippen LogP contribution in [0.4, 0.5) is 4.39 Å². The molecular weight excluding hydrogens is 341 g/mol. The minimum absolute atomic E-state index is 0.110. The van der Waals surface area contributed by atoms with Gasteiger partial charge in [0.15, 0.2) is 0 Å². The van der Waals surface area contributed by atoms with Gasteiger partial charge in [-0.25, -0.2) is 9.18 Å². The third-order valence-corrected chi connectivity index (χ3v) is 3.38. The van der Waals surface area contributed by atoms with Crippen molar-refractivity contribution in [2.24, 2.45) is 0 Å². The van der Waals surface area contributed by atoms with Gasteiger partial charge in [0.2, 0.25) is 0 Å². The standard InChI is InChI=1S/C18H16FN3O4/c1-2-26-18(25)13(10-20)9-14-11-22(8-7-16(23)24)21-17(14)12-3-5-15(19)6-4-12/h3-6,9,11H,2,7-8H2,1H3,(H,23,24). The highest BCUT2D eigenvalue weighted by molar-refractivity contribution is 5.98. The summed E-state index contributed by atoms with van der Waals surface area (Å²) >= 11 is 0. The monoisotopic (exact) mass is 357 g/mol. The summed E-state index contributed by atoms with van der Waals surface area (Å²) in [7, 11) is 0. The van der Waals surface area contributed by atoms with Gasteiger partial charge in [-0.3, -0.25) is 9.48 Å². The molecule has 2 aromatic rings. The van der Waals surface area contributed by atoms with E-state index in [1.807, 2.05) is 0 Å². The van der Waals surface area contributed by atoms with Crippen molar-refractivity contribution in [3.05, 3.63) is 47.4 Å². The highest BCUT2D eigenvalue weighted by Crippen LogP contribution is 2.25. The molecule has 1 aromatic carbocycles. The number of ether oxygens (including phenoxy) is 1. The zero-order valence-corrected chi connectivity index (χ0v) is 14.0. The molecule has 0 aliphatic rings. The molecule has 0 unspecified atom stereocenters. The van der Waals surface area contributed by atoms with Crippen LogP contribution in [0.5, 0.6) is 0 Å². The molecule has 0 aliphatic heterocycles. The van der Waals surface area contributed by atoms with Crippen molar-refractivity contribution >= 4 is 18.0 Å². The van der Waals surface area contributed by atoms with E-state index in [1.165, 1.54) is 41.2 Å². The van der Waals surface area contributed by atoms with Gasteiger partial charge >= 0.3 is 11.9 Å². The van der Waals surface area contributed by atoms with Crippen molar-refractivity contribution in [2.75, 3.05) is 6.61 Å². The van der Waals surface area contributed by atoms with Gasteiger partial charge in [-0.2, -0.15) is 10.4 Å². The molecule has 0 radical (unpaired) electrons. The van der Waals surface area contributed by atoms with Crippen LogP contribution in [0.1, 0.15) is 18.9 Å². The van der Waals surface area contributed by atoms with Crippen LogP contribution in [0.2, 0.25) is 0 Å². The number of hydrogen-bond acceptors (Lipinski definition) is 5. The molecule has 0 amide bonds. The molecule has 0 bridgehead atoms. The minimum atomic E-state index is -0.981. The second-order valence-corrected chi connectivity index (χ2v) is 5.24. The number of halogens is 1. The molecule has 0 spiro atoms. The zero-order chi connectivity index (χ0) is 19.1. The Balaban J connectivity index is 2.47. The number of esters is 1. The third kappa shape index (κ3) is 4.77. The number of aryl methyl sites for hydroxylation is 1. The van der Waals surface area contributed by atoms with Crippen molar-refractivity contribution in [2.45, 2.75) is 19.9 Å². The number of hydrogen-bond donors (Lipinski definition) is 1. The first-order valence-electron chi connectivity index (χ1n) is 7.78. The summed E-state index contributed by atoms with van der Waals surface area (Å²) in [5, 5.41) is 22.3. The van der Waals surface area contributed by atoms with Crippen LogP contribution in [0, 0.1) is 17.1 Å². The Bertz CT molecular complexity index is 879. The van der Waals surface area contributed by atoms with Crippen LogP contribution in [0.3, 0.4) is 0 Å². The lowest BCUT2D eigenvalue weighted by atomic mass is 10.1. The summed E-state index contributed by atoms with van der Waals surface area (Å²) < 4.78 is 19.4. The summed E-state index contributed by atoms with van der Waals surface area (Å²) in [4.78, 5) is 22.6. The summed E-state index contributed by atoms with van der Waals surface area (Å²) in [5.41, 5.74) is 1.17. The second-order valence-electron chi connectivity index (χ2n) is 5.24. The van der Waals surface area contributed by atoms with E-state index in [0.29, 0.717) is 16.8 Å². The summed E-state index contributed by atoms with van der Waals surface area (Å²) in [6, 6.07) is 7.31. The fraction of sp³-hybridized carbons (Fsp3) is 0.222. The highest BCUT2D eigenvalue weighted by atomic mass is 19.1. The van der Waals surface area contributed by atoms with Crippen LogP contribution in [0.25, 0.3) is 17.3 Å². The van der Waals surface area contributed by atoms with Crippen LogP contribution in [-0.2, 0) is 20.9 Å². The van der Waals surface area contributed by atoms with Gasteiger partial charge in [0.25, 0.3) is 0 Å². The number of aliphatic carboxylic acids is 1. The molecule has 0 fully saturated rings. The molecule has 7 nitrogen and oxygen atoms in total. The van der Waals surface area contributed by atoms with Gasteiger partial charge in [0, 0.05) is 17.3 Å². The molecule has 134 valence electrons. The summed E-state index contributed by atoms with van der Waals surface area (Å²) in [6.07, 6.45) is 2.70. The number of carbonyl (C=O) groups excluding carboxylic acids is 1. The first-order chi connectivity index (χ1) is 12.4. The molecule has 0 saturated heterocycles. The van der Waals surface area contributed by atoms with Gasteiger partial charge in [-0.15, -0.1) is 0 Å². The first kappa shape index (κ1) is 18.9. The van der Waals surface area contributed by atoms with Crippen LogP contribution in [-0.4, -0.2) is 33.4 Å². The molecule has 0 atom stereocenters. The molecule has 26 heavy (non-hydrogen) atoms. The van der Waals surface area contributed by atoms with E-state index < -0.39 is 17.8 Å². The maximum atomic E-state index is 13.2. The lowest BCUT2D eigenvalue weighted by Crippen LogP contribution is -2.06. The summed E-state index contributed by atoms with van der Waals surface area (Å²) in [6.45, 7) is 1.86. The van der Waals surface area contributed by atoms with Crippen molar-refractivity contribution in [1.29, 1.82) is 5.26 Å². The lowest BCUT2D eigenvalue weighted by Gasteiger charge is -2.01. The molecule has 8 heteroatoms. The maximum Gasteiger partial charge on any atom is 0.348 e. The highest BCUT2D eigenvalue weighted by Gasteiger charge is 2.15. The summed E-state index contributed by atoms with van der Waals surface area (Å²) in [5.74, 6) is -2.16. The molecule has 0 saturated carbocycles. The van der Waals surface area contributed by atoms with Gasteiger partial charge in [-0.05, 0) is 37.3 Å². The Morgan fingerprint density at radius 1 is 1.38 bits per heavy atom. The average Bonchev–Trinajstić information content (AvgIpc) is 3.01. The van der Waals surface area contributed by atoms with Gasteiger partial charge in [0.05, 0.1) is 25.3 Å². The average molecular weight is 357 g/mol.